The number of urea groups is 1. The zero-order valence-corrected chi connectivity index (χ0v) is 17.6. The highest BCUT2D eigenvalue weighted by molar-refractivity contribution is 6.35. The Labute approximate surface area is 180 Å². The van der Waals surface area contributed by atoms with Gasteiger partial charge in [-0.25, -0.2) is 9.18 Å². The van der Waals surface area contributed by atoms with Gasteiger partial charge in [0, 0.05) is 24.7 Å². The SMILES string of the molecule is CC(NC(=O)NCC(c1ccccc1)N1CCOCC1)c1cc(F)c(Cl)cc1Cl. The van der Waals surface area contributed by atoms with Crippen LogP contribution in [0.15, 0.2) is 42.5 Å². The summed E-state index contributed by atoms with van der Waals surface area (Å²) >= 11 is 11.9. The molecular weight excluding hydrogens is 416 g/mol. The van der Waals surface area contributed by atoms with Gasteiger partial charge in [0.15, 0.2) is 0 Å². The number of rotatable bonds is 6. The van der Waals surface area contributed by atoms with Crippen molar-refractivity contribution in [2.45, 2.75) is 19.0 Å². The van der Waals surface area contributed by atoms with Crippen LogP contribution in [0.3, 0.4) is 0 Å². The summed E-state index contributed by atoms with van der Waals surface area (Å²) in [5.41, 5.74) is 1.60. The fraction of sp³-hybridized carbons (Fsp3) is 0.381. The molecule has 2 amide bonds. The summed E-state index contributed by atoms with van der Waals surface area (Å²) in [5, 5.41) is 5.99. The fourth-order valence-electron chi connectivity index (χ4n) is 3.41. The van der Waals surface area contributed by atoms with Gasteiger partial charge in [-0.2, -0.15) is 0 Å². The van der Waals surface area contributed by atoms with E-state index >= 15 is 0 Å². The van der Waals surface area contributed by atoms with Crippen molar-refractivity contribution in [1.82, 2.24) is 15.5 Å². The first kappa shape index (κ1) is 21.8. The quantitative estimate of drug-likeness (QED) is 0.648. The molecule has 0 bridgehead atoms. The Morgan fingerprint density at radius 2 is 1.86 bits per heavy atom. The van der Waals surface area contributed by atoms with Crippen molar-refractivity contribution in [3.63, 3.8) is 0 Å². The van der Waals surface area contributed by atoms with Crippen molar-refractivity contribution in [3.8, 4) is 0 Å². The van der Waals surface area contributed by atoms with Crippen LogP contribution in [0, 0.1) is 5.82 Å². The number of hydrogen-bond acceptors (Lipinski definition) is 3. The van der Waals surface area contributed by atoms with Crippen molar-refractivity contribution < 1.29 is 13.9 Å². The van der Waals surface area contributed by atoms with E-state index in [1.165, 1.54) is 12.1 Å². The lowest BCUT2D eigenvalue weighted by molar-refractivity contribution is 0.0167. The van der Waals surface area contributed by atoms with Crippen LogP contribution in [-0.4, -0.2) is 43.8 Å². The molecule has 2 unspecified atom stereocenters. The molecule has 1 heterocycles. The Hall–Kier alpha value is -1.86. The Balaban J connectivity index is 1.63. The van der Waals surface area contributed by atoms with Crippen LogP contribution >= 0.6 is 23.2 Å². The summed E-state index contributed by atoms with van der Waals surface area (Å²) in [6.45, 7) is 5.13. The first-order valence-electron chi connectivity index (χ1n) is 9.51. The Morgan fingerprint density at radius 1 is 1.17 bits per heavy atom. The second-order valence-corrected chi connectivity index (χ2v) is 7.75. The predicted molar refractivity (Wildman–Crippen MR) is 113 cm³/mol. The van der Waals surface area contributed by atoms with E-state index in [0.29, 0.717) is 30.3 Å². The van der Waals surface area contributed by atoms with Crippen molar-refractivity contribution in [2.24, 2.45) is 0 Å². The molecule has 8 heteroatoms. The minimum absolute atomic E-state index is 0.0396. The van der Waals surface area contributed by atoms with E-state index in [-0.39, 0.29) is 17.1 Å². The van der Waals surface area contributed by atoms with Gasteiger partial charge >= 0.3 is 6.03 Å². The van der Waals surface area contributed by atoms with Crippen molar-refractivity contribution in [1.29, 1.82) is 0 Å². The predicted octanol–water partition coefficient (Wildman–Crippen LogP) is 4.57. The number of carbonyl (C=O) groups excluding carboxylic acids is 1. The maximum atomic E-state index is 13.8. The van der Waals surface area contributed by atoms with Gasteiger partial charge in [-0.15, -0.1) is 0 Å². The molecule has 1 fully saturated rings. The van der Waals surface area contributed by atoms with E-state index in [0.717, 1.165) is 18.7 Å². The van der Waals surface area contributed by atoms with Gasteiger partial charge in [0.05, 0.1) is 30.3 Å². The van der Waals surface area contributed by atoms with Crippen LogP contribution in [0.4, 0.5) is 9.18 Å². The molecule has 29 heavy (non-hydrogen) atoms. The highest BCUT2D eigenvalue weighted by atomic mass is 35.5. The summed E-state index contributed by atoms with van der Waals surface area (Å²) in [6.07, 6.45) is 0. The average Bonchev–Trinajstić information content (AvgIpc) is 2.72. The number of benzene rings is 2. The summed E-state index contributed by atoms with van der Waals surface area (Å²) in [5.74, 6) is -0.573. The molecule has 1 saturated heterocycles. The van der Waals surface area contributed by atoms with Crippen LogP contribution in [0.25, 0.3) is 0 Å². The second-order valence-electron chi connectivity index (χ2n) is 6.94. The van der Waals surface area contributed by atoms with Crippen LogP contribution in [0.1, 0.15) is 30.1 Å². The molecule has 0 aliphatic carbocycles. The first-order chi connectivity index (χ1) is 14.0. The van der Waals surface area contributed by atoms with Crippen LogP contribution in [-0.2, 0) is 4.74 Å². The Kier molecular flexibility index (Phi) is 7.72. The van der Waals surface area contributed by atoms with Crippen molar-refractivity contribution in [2.75, 3.05) is 32.8 Å². The third-order valence-electron chi connectivity index (χ3n) is 4.98. The Bertz CT molecular complexity index is 832. The second kappa shape index (κ2) is 10.3. The molecule has 0 radical (unpaired) electrons. The molecule has 1 aliphatic rings. The number of amides is 2. The van der Waals surface area contributed by atoms with Gasteiger partial charge in [0.25, 0.3) is 0 Å². The number of carbonyl (C=O) groups is 1. The number of ether oxygens (including phenoxy) is 1. The molecule has 0 spiro atoms. The number of hydrogen-bond donors (Lipinski definition) is 2. The maximum Gasteiger partial charge on any atom is 0.315 e. The minimum Gasteiger partial charge on any atom is -0.379 e. The Morgan fingerprint density at radius 3 is 2.55 bits per heavy atom. The van der Waals surface area contributed by atoms with Gasteiger partial charge < -0.3 is 15.4 Å². The van der Waals surface area contributed by atoms with Gasteiger partial charge in [-0.3, -0.25) is 4.90 Å². The molecule has 2 N–H and O–H groups in total. The summed E-state index contributed by atoms with van der Waals surface area (Å²) in [7, 11) is 0. The lowest BCUT2D eigenvalue weighted by atomic mass is 10.0. The number of nitrogens with one attached hydrogen (secondary N) is 2. The topological polar surface area (TPSA) is 53.6 Å². The molecule has 2 atom stereocenters. The molecule has 0 saturated carbocycles. The van der Waals surface area contributed by atoms with E-state index in [4.69, 9.17) is 27.9 Å². The fourth-order valence-corrected chi connectivity index (χ4v) is 3.95. The molecule has 5 nitrogen and oxygen atoms in total. The van der Waals surface area contributed by atoms with E-state index in [1.807, 2.05) is 18.2 Å². The summed E-state index contributed by atoms with van der Waals surface area (Å²) in [4.78, 5) is 14.8. The summed E-state index contributed by atoms with van der Waals surface area (Å²) in [6, 6.07) is 11.9. The van der Waals surface area contributed by atoms with Gasteiger partial charge in [-0.05, 0) is 30.2 Å². The molecule has 1 aliphatic heterocycles. The third kappa shape index (κ3) is 5.82. The standard InChI is InChI=1S/C21H24Cl2FN3O2/c1-14(16-11-19(24)18(23)12-17(16)22)26-21(28)25-13-20(15-5-3-2-4-6-15)27-7-9-29-10-8-27/h2-6,11-12,14,20H,7-10,13H2,1H3,(H2,25,26,28). The number of nitrogens with zero attached hydrogens (tertiary/aromatic N) is 1. The van der Waals surface area contributed by atoms with Crippen LogP contribution in [0.5, 0.6) is 0 Å². The summed E-state index contributed by atoms with van der Waals surface area (Å²) < 4.78 is 19.2. The highest BCUT2D eigenvalue weighted by Gasteiger charge is 2.23. The van der Waals surface area contributed by atoms with Crippen molar-refractivity contribution in [3.05, 3.63) is 69.5 Å². The van der Waals surface area contributed by atoms with Gasteiger partial charge in [-0.1, -0.05) is 53.5 Å². The van der Waals surface area contributed by atoms with E-state index in [9.17, 15) is 9.18 Å². The molecule has 2 aromatic rings. The van der Waals surface area contributed by atoms with Crippen LogP contribution < -0.4 is 10.6 Å². The number of morpholine rings is 1. The average molecular weight is 440 g/mol. The van der Waals surface area contributed by atoms with Gasteiger partial charge in [0.1, 0.15) is 5.82 Å². The zero-order chi connectivity index (χ0) is 20.8. The lowest BCUT2D eigenvalue weighted by Gasteiger charge is -2.35. The molecule has 156 valence electrons. The largest absolute Gasteiger partial charge is 0.379 e. The normalized spacial score (nSPS) is 16.8. The molecule has 0 aromatic heterocycles. The van der Waals surface area contributed by atoms with Crippen LogP contribution in [0.2, 0.25) is 10.0 Å². The van der Waals surface area contributed by atoms with Gasteiger partial charge in [0.2, 0.25) is 0 Å². The monoisotopic (exact) mass is 439 g/mol. The first-order valence-corrected chi connectivity index (χ1v) is 10.3. The molecular formula is C21H24Cl2FN3O2. The molecule has 2 aromatic carbocycles. The van der Waals surface area contributed by atoms with E-state index in [1.54, 1.807) is 6.92 Å². The number of halogens is 3. The van der Waals surface area contributed by atoms with E-state index < -0.39 is 11.9 Å². The molecule has 3 rings (SSSR count). The smallest absolute Gasteiger partial charge is 0.315 e. The minimum atomic E-state index is -0.573. The maximum absolute atomic E-state index is 13.8. The van der Waals surface area contributed by atoms with E-state index in [2.05, 4.69) is 27.7 Å². The van der Waals surface area contributed by atoms with Crippen molar-refractivity contribution >= 4 is 29.2 Å². The third-order valence-corrected chi connectivity index (χ3v) is 5.60. The lowest BCUT2D eigenvalue weighted by Crippen LogP contribution is -2.46. The highest BCUT2D eigenvalue weighted by Crippen LogP contribution is 2.28. The zero-order valence-electron chi connectivity index (χ0n) is 16.1.